The summed E-state index contributed by atoms with van der Waals surface area (Å²) in [6, 6.07) is 2.13. The Morgan fingerprint density at radius 2 is 2.16 bits per heavy atom. The smallest absolute Gasteiger partial charge is 0.312 e. The molecule has 8 nitrogen and oxygen atoms in total. The van der Waals surface area contributed by atoms with Gasteiger partial charge in [0, 0.05) is 31.9 Å². The Labute approximate surface area is 111 Å². The number of carbonyl (C=O) groups is 1. The molecule has 0 saturated heterocycles. The van der Waals surface area contributed by atoms with Crippen LogP contribution in [0.1, 0.15) is 6.92 Å². The number of carbonyl (C=O) groups excluding carboxylic acids is 1. The maximum Gasteiger partial charge on any atom is 0.312 e. The molecule has 0 spiro atoms. The van der Waals surface area contributed by atoms with Crippen molar-refractivity contribution in [2.75, 3.05) is 25.0 Å². The van der Waals surface area contributed by atoms with Gasteiger partial charge in [0.25, 0.3) is 0 Å². The maximum atomic E-state index is 11.9. The first kappa shape index (κ1) is 15.2. The summed E-state index contributed by atoms with van der Waals surface area (Å²) in [5.41, 5.74) is 4.86. The van der Waals surface area contributed by atoms with Crippen LogP contribution >= 0.6 is 0 Å². The quantitative estimate of drug-likeness (QED) is 0.501. The number of hydrogen-bond acceptors (Lipinski definition) is 5. The van der Waals surface area contributed by atoms with E-state index in [-0.39, 0.29) is 18.0 Å². The molecule has 5 N–H and O–H groups in total. The molecule has 0 unspecified atom stereocenters. The Kier molecular flexibility index (Phi) is 5.52. The van der Waals surface area contributed by atoms with E-state index >= 15 is 0 Å². The lowest BCUT2D eigenvalue weighted by Crippen LogP contribution is -2.37. The molecule has 1 rings (SSSR count). The molecular weight excluding hydrogens is 270 g/mol. The van der Waals surface area contributed by atoms with Gasteiger partial charge in [-0.25, -0.2) is 22.9 Å². The monoisotopic (exact) mass is 287 g/mol. The van der Waals surface area contributed by atoms with E-state index in [2.05, 4.69) is 20.3 Å². The van der Waals surface area contributed by atoms with E-state index in [1.165, 1.54) is 18.3 Å². The summed E-state index contributed by atoms with van der Waals surface area (Å²) >= 11 is 0. The molecule has 9 heteroatoms. The molecule has 0 bridgehead atoms. The fourth-order valence-corrected chi connectivity index (χ4v) is 2.35. The zero-order valence-electron chi connectivity index (χ0n) is 10.5. The second-order valence-electron chi connectivity index (χ2n) is 3.60. The first-order chi connectivity index (χ1) is 8.95. The van der Waals surface area contributed by atoms with Crippen LogP contribution in [0, 0.1) is 0 Å². The normalized spacial score (nSPS) is 11.0. The van der Waals surface area contributed by atoms with Crippen LogP contribution in [0.25, 0.3) is 0 Å². The molecule has 0 aromatic carbocycles. The van der Waals surface area contributed by atoms with Crippen LogP contribution in [-0.2, 0) is 10.0 Å². The maximum absolute atomic E-state index is 11.9. The number of pyridine rings is 1. The molecule has 106 valence electrons. The lowest BCUT2D eigenvalue weighted by molar-refractivity contribution is 0.249. The molecule has 0 aliphatic heterocycles. The Morgan fingerprint density at radius 1 is 1.42 bits per heavy atom. The number of amides is 2. The number of sulfonamides is 1. The van der Waals surface area contributed by atoms with Crippen LogP contribution in [0.3, 0.4) is 0 Å². The first-order valence-electron chi connectivity index (χ1n) is 5.68. The van der Waals surface area contributed by atoms with E-state index in [0.717, 1.165) is 0 Å². The van der Waals surface area contributed by atoms with E-state index in [9.17, 15) is 13.2 Å². The van der Waals surface area contributed by atoms with Crippen LogP contribution < -0.4 is 21.1 Å². The number of hydrogen-bond donors (Lipinski definition) is 4. The molecule has 19 heavy (non-hydrogen) atoms. The number of primary amides is 1. The lowest BCUT2D eigenvalue weighted by atomic mass is 10.4. The Bertz CT molecular complexity index is 532. The highest BCUT2D eigenvalue weighted by atomic mass is 32.2. The summed E-state index contributed by atoms with van der Waals surface area (Å²) in [6.07, 6.45) is 1.41. The van der Waals surface area contributed by atoms with E-state index in [4.69, 9.17) is 5.73 Å². The van der Waals surface area contributed by atoms with Crippen LogP contribution in [-0.4, -0.2) is 39.1 Å². The zero-order chi connectivity index (χ0) is 14.3. The highest BCUT2D eigenvalue weighted by Gasteiger charge is 2.14. The van der Waals surface area contributed by atoms with Crippen molar-refractivity contribution in [3.05, 3.63) is 18.3 Å². The van der Waals surface area contributed by atoms with E-state index < -0.39 is 16.1 Å². The van der Waals surface area contributed by atoms with Crippen LogP contribution in [0.15, 0.2) is 23.2 Å². The number of urea groups is 1. The van der Waals surface area contributed by atoms with Crippen molar-refractivity contribution in [2.45, 2.75) is 11.8 Å². The summed E-state index contributed by atoms with van der Waals surface area (Å²) in [5.74, 6) is 0.487. The predicted molar refractivity (Wildman–Crippen MR) is 71.2 cm³/mol. The molecule has 1 aromatic rings. The SMILES string of the molecule is CCNc1cc(S(=O)(=O)NCCNC(N)=O)ccn1. The van der Waals surface area contributed by atoms with Crippen molar-refractivity contribution < 1.29 is 13.2 Å². The molecule has 2 amide bonds. The molecule has 1 aromatic heterocycles. The highest BCUT2D eigenvalue weighted by Crippen LogP contribution is 2.11. The summed E-state index contributed by atoms with van der Waals surface area (Å²) in [6.45, 7) is 2.72. The number of nitrogens with two attached hydrogens (primary N) is 1. The van der Waals surface area contributed by atoms with Crippen molar-refractivity contribution >= 4 is 21.9 Å². The van der Waals surface area contributed by atoms with Gasteiger partial charge in [0.15, 0.2) is 0 Å². The minimum Gasteiger partial charge on any atom is -0.370 e. The number of nitrogens with zero attached hydrogens (tertiary/aromatic N) is 1. The average molecular weight is 287 g/mol. The van der Waals surface area contributed by atoms with E-state index in [0.29, 0.717) is 12.4 Å². The van der Waals surface area contributed by atoms with Gasteiger partial charge in [0.2, 0.25) is 10.0 Å². The van der Waals surface area contributed by atoms with Crippen molar-refractivity contribution in [3.8, 4) is 0 Å². The number of nitrogens with one attached hydrogen (secondary N) is 3. The third kappa shape index (κ3) is 5.10. The van der Waals surface area contributed by atoms with Gasteiger partial charge in [-0.15, -0.1) is 0 Å². The van der Waals surface area contributed by atoms with Gasteiger partial charge >= 0.3 is 6.03 Å². The van der Waals surface area contributed by atoms with Gasteiger partial charge in [0.05, 0.1) is 4.90 Å². The molecule has 1 heterocycles. The average Bonchev–Trinajstić information content (AvgIpc) is 2.35. The second-order valence-corrected chi connectivity index (χ2v) is 5.36. The topological polar surface area (TPSA) is 126 Å². The molecule has 0 atom stereocenters. The number of anilines is 1. The van der Waals surface area contributed by atoms with Crippen molar-refractivity contribution in [1.82, 2.24) is 15.0 Å². The molecule has 0 aliphatic carbocycles. The predicted octanol–water partition coefficient (Wildman–Crippen LogP) is -0.540. The molecular formula is C10H17N5O3S. The van der Waals surface area contributed by atoms with Gasteiger partial charge < -0.3 is 16.4 Å². The third-order valence-electron chi connectivity index (χ3n) is 2.12. The van der Waals surface area contributed by atoms with Gasteiger partial charge in [0.1, 0.15) is 5.82 Å². The zero-order valence-corrected chi connectivity index (χ0v) is 11.3. The molecule has 0 fully saturated rings. The Hall–Kier alpha value is -1.87. The highest BCUT2D eigenvalue weighted by molar-refractivity contribution is 7.89. The first-order valence-corrected chi connectivity index (χ1v) is 7.17. The number of aromatic nitrogens is 1. The summed E-state index contributed by atoms with van der Waals surface area (Å²) in [4.78, 5) is 14.5. The van der Waals surface area contributed by atoms with E-state index in [1.807, 2.05) is 6.92 Å². The third-order valence-corrected chi connectivity index (χ3v) is 3.57. The lowest BCUT2D eigenvalue weighted by Gasteiger charge is -2.08. The van der Waals surface area contributed by atoms with Crippen LogP contribution in [0.4, 0.5) is 10.6 Å². The van der Waals surface area contributed by atoms with Gasteiger partial charge in [-0.05, 0) is 13.0 Å². The standard InChI is InChI=1S/C10H17N5O3S/c1-2-12-9-7-8(3-4-13-9)19(17,18)15-6-5-14-10(11)16/h3-4,7,15H,2,5-6H2,1H3,(H,12,13)(H3,11,14,16). The molecule has 0 saturated carbocycles. The fraction of sp³-hybridized carbons (Fsp3) is 0.400. The van der Waals surface area contributed by atoms with Crippen molar-refractivity contribution in [3.63, 3.8) is 0 Å². The summed E-state index contributed by atoms with van der Waals surface area (Å²) < 4.78 is 26.2. The minimum atomic E-state index is -3.62. The van der Waals surface area contributed by atoms with Crippen LogP contribution in [0.5, 0.6) is 0 Å². The fourth-order valence-electron chi connectivity index (χ4n) is 1.31. The molecule has 0 aliphatic rings. The van der Waals surface area contributed by atoms with E-state index in [1.54, 1.807) is 0 Å². The largest absolute Gasteiger partial charge is 0.370 e. The Balaban J connectivity index is 2.66. The summed E-state index contributed by atoms with van der Waals surface area (Å²) in [5, 5.41) is 5.21. The summed E-state index contributed by atoms with van der Waals surface area (Å²) in [7, 11) is -3.62. The van der Waals surface area contributed by atoms with Crippen molar-refractivity contribution in [1.29, 1.82) is 0 Å². The Morgan fingerprint density at radius 3 is 2.79 bits per heavy atom. The minimum absolute atomic E-state index is 0.0597. The van der Waals surface area contributed by atoms with Gasteiger partial charge in [-0.1, -0.05) is 0 Å². The van der Waals surface area contributed by atoms with Gasteiger partial charge in [-0.2, -0.15) is 0 Å². The second kappa shape index (κ2) is 6.90. The molecule has 0 radical (unpaired) electrons. The van der Waals surface area contributed by atoms with Crippen LogP contribution in [0.2, 0.25) is 0 Å². The van der Waals surface area contributed by atoms with Gasteiger partial charge in [-0.3, -0.25) is 0 Å². The number of rotatable bonds is 7. The van der Waals surface area contributed by atoms with Crippen molar-refractivity contribution in [2.24, 2.45) is 5.73 Å².